The summed E-state index contributed by atoms with van der Waals surface area (Å²) in [6, 6.07) is 55.8. The van der Waals surface area contributed by atoms with Crippen LogP contribution in [-0.2, 0) is 0 Å². The van der Waals surface area contributed by atoms with E-state index in [0.29, 0.717) is 0 Å². The molecule has 262 valence electrons. The number of hydrogen-bond acceptors (Lipinski definition) is 2. The van der Waals surface area contributed by atoms with Crippen molar-refractivity contribution < 1.29 is 0 Å². The maximum atomic E-state index is 2.36. The van der Waals surface area contributed by atoms with Gasteiger partial charge in [-0.3, -0.25) is 0 Å². The van der Waals surface area contributed by atoms with Crippen molar-refractivity contribution in [3.63, 3.8) is 0 Å². The zero-order valence-electron chi connectivity index (χ0n) is 32.4. The van der Waals surface area contributed by atoms with Gasteiger partial charge in [-0.2, -0.15) is 0 Å². The first kappa shape index (κ1) is 35.6. The van der Waals surface area contributed by atoms with Crippen LogP contribution in [0, 0.1) is 55.4 Å². The number of para-hydroxylation sites is 1. The van der Waals surface area contributed by atoms with Crippen LogP contribution in [0.25, 0.3) is 0 Å². The van der Waals surface area contributed by atoms with E-state index in [4.69, 9.17) is 0 Å². The SMILES string of the molecule is Cc1ccc(N(c2ccc(C)cc2)c2ccc(N(c3ccccc3)c3ccc(B(c4c(C)cc(C)cc4C)c4c(C)cc(C)cc4C)cc3)cc2)cc1. The van der Waals surface area contributed by atoms with Crippen molar-refractivity contribution in [1.29, 1.82) is 0 Å². The molecule has 0 unspecified atom stereocenters. The Balaban J connectivity index is 1.31. The Hall–Kier alpha value is -5.80. The summed E-state index contributed by atoms with van der Waals surface area (Å²) in [4.78, 5) is 4.68. The number of nitrogens with zero attached hydrogens (tertiary/aromatic N) is 2. The first-order valence-corrected chi connectivity index (χ1v) is 18.7. The first-order chi connectivity index (χ1) is 25.6. The molecule has 2 nitrogen and oxygen atoms in total. The minimum atomic E-state index is 0.129. The van der Waals surface area contributed by atoms with E-state index in [0.717, 1.165) is 34.1 Å². The van der Waals surface area contributed by atoms with E-state index in [1.807, 2.05) is 0 Å². The highest BCUT2D eigenvalue weighted by molar-refractivity contribution is 6.96. The predicted molar refractivity (Wildman–Crippen MR) is 231 cm³/mol. The summed E-state index contributed by atoms with van der Waals surface area (Å²) in [6.07, 6.45) is 0. The third-order valence-corrected chi connectivity index (χ3v) is 10.5. The second-order valence-corrected chi connectivity index (χ2v) is 14.8. The zero-order valence-corrected chi connectivity index (χ0v) is 32.4. The molecule has 0 bridgehead atoms. The smallest absolute Gasteiger partial charge is 0.242 e. The van der Waals surface area contributed by atoms with Crippen LogP contribution >= 0.6 is 0 Å². The van der Waals surface area contributed by atoms with Crippen molar-refractivity contribution in [3.8, 4) is 0 Å². The average Bonchev–Trinajstić information content (AvgIpc) is 3.13. The Morgan fingerprint density at radius 1 is 0.302 bits per heavy atom. The van der Waals surface area contributed by atoms with Gasteiger partial charge >= 0.3 is 0 Å². The molecular formula is C50H49BN2. The maximum Gasteiger partial charge on any atom is 0.242 e. The summed E-state index contributed by atoms with van der Waals surface area (Å²) in [5.74, 6) is 0. The predicted octanol–water partition coefficient (Wildman–Crippen LogP) is 11.6. The fraction of sp³-hybridized carbons (Fsp3) is 0.160. The molecule has 3 heteroatoms. The van der Waals surface area contributed by atoms with Crippen LogP contribution < -0.4 is 26.2 Å². The van der Waals surface area contributed by atoms with E-state index < -0.39 is 0 Å². The van der Waals surface area contributed by atoms with Crippen molar-refractivity contribution in [3.05, 3.63) is 196 Å². The summed E-state index contributed by atoms with van der Waals surface area (Å²) < 4.78 is 0. The largest absolute Gasteiger partial charge is 0.311 e. The maximum absolute atomic E-state index is 2.36. The Morgan fingerprint density at radius 3 is 0.925 bits per heavy atom. The van der Waals surface area contributed by atoms with E-state index in [1.165, 1.54) is 60.9 Å². The molecule has 7 rings (SSSR count). The molecule has 0 aliphatic rings. The highest BCUT2D eigenvalue weighted by Crippen LogP contribution is 2.39. The molecule has 0 saturated carbocycles. The Morgan fingerprint density at radius 2 is 0.585 bits per heavy atom. The topological polar surface area (TPSA) is 6.48 Å². The van der Waals surface area contributed by atoms with Gasteiger partial charge in [0.15, 0.2) is 0 Å². The van der Waals surface area contributed by atoms with Crippen molar-refractivity contribution in [2.24, 2.45) is 0 Å². The highest BCUT2D eigenvalue weighted by atomic mass is 15.2. The van der Waals surface area contributed by atoms with E-state index in [2.05, 4.69) is 217 Å². The molecule has 0 aliphatic carbocycles. The normalized spacial score (nSPS) is 11.0. The number of aryl methyl sites for hydroxylation is 8. The van der Waals surface area contributed by atoms with Crippen molar-refractivity contribution >= 4 is 57.2 Å². The van der Waals surface area contributed by atoms with Crippen LogP contribution in [0.15, 0.2) is 152 Å². The van der Waals surface area contributed by atoms with E-state index in [9.17, 15) is 0 Å². The second-order valence-electron chi connectivity index (χ2n) is 14.8. The minimum Gasteiger partial charge on any atom is -0.311 e. The van der Waals surface area contributed by atoms with Crippen LogP contribution in [0.3, 0.4) is 0 Å². The number of anilines is 6. The van der Waals surface area contributed by atoms with Crippen LogP contribution in [-0.4, -0.2) is 6.71 Å². The van der Waals surface area contributed by atoms with Gasteiger partial charge in [-0.15, -0.1) is 0 Å². The fourth-order valence-corrected chi connectivity index (χ4v) is 8.20. The zero-order chi connectivity index (χ0) is 37.2. The van der Waals surface area contributed by atoms with Gasteiger partial charge in [-0.05, 0) is 128 Å². The average molecular weight is 689 g/mol. The van der Waals surface area contributed by atoms with Crippen LogP contribution in [0.1, 0.15) is 44.5 Å². The van der Waals surface area contributed by atoms with Gasteiger partial charge < -0.3 is 9.80 Å². The number of rotatable bonds is 9. The Bertz CT molecular complexity index is 2190. The van der Waals surface area contributed by atoms with Gasteiger partial charge in [-0.25, -0.2) is 0 Å². The highest BCUT2D eigenvalue weighted by Gasteiger charge is 2.28. The van der Waals surface area contributed by atoms with Crippen molar-refractivity contribution in [1.82, 2.24) is 0 Å². The summed E-state index contributed by atoms with van der Waals surface area (Å²) in [6.45, 7) is 17.9. The first-order valence-electron chi connectivity index (χ1n) is 18.7. The molecule has 0 aromatic heterocycles. The van der Waals surface area contributed by atoms with Gasteiger partial charge in [-0.1, -0.05) is 140 Å². The van der Waals surface area contributed by atoms with Gasteiger partial charge in [0.05, 0.1) is 0 Å². The quantitative estimate of drug-likeness (QED) is 0.139. The molecular weight excluding hydrogens is 639 g/mol. The Kier molecular flexibility index (Phi) is 10.1. The van der Waals surface area contributed by atoms with Crippen LogP contribution in [0.4, 0.5) is 34.1 Å². The van der Waals surface area contributed by atoms with Crippen LogP contribution in [0.2, 0.25) is 0 Å². The lowest BCUT2D eigenvalue weighted by Gasteiger charge is -2.29. The van der Waals surface area contributed by atoms with Crippen molar-refractivity contribution in [2.75, 3.05) is 9.80 Å². The van der Waals surface area contributed by atoms with E-state index in [1.54, 1.807) is 0 Å². The van der Waals surface area contributed by atoms with Gasteiger partial charge in [0.1, 0.15) is 0 Å². The summed E-state index contributed by atoms with van der Waals surface area (Å²) >= 11 is 0. The molecule has 0 amide bonds. The minimum absolute atomic E-state index is 0.129. The molecule has 53 heavy (non-hydrogen) atoms. The third kappa shape index (κ3) is 7.43. The molecule has 0 radical (unpaired) electrons. The van der Waals surface area contributed by atoms with E-state index in [-0.39, 0.29) is 6.71 Å². The summed E-state index contributed by atoms with van der Waals surface area (Å²) in [5.41, 5.74) is 21.3. The molecule has 0 fully saturated rings. The molecule has 0 aliphatic heterocycles. The lowest BCUT2D eigenvalue weighted by molar-refractivity contribution is 1.25. The second kappa shape index (κ2) is 15.1. The summed E-state index contributed by atoms with van der Waals surface area (Å²) in [7, 11) is 0. The fourth-order valence-electron chi connectivity index (χ4n) is 8.20. The molecule has 0 heterocycles. The molecule has 7 aromatic rings. The summed E-state index contributed by atoms with van der Waals surface area (Å²) in [5, 5.41) is 0. The standard InChI is InChI=1S/C50H49BN2/c1-34-14-20-44(21-15-34)53(45-22-16-35(2)17-23-45)48-28-26-47(27-29-48)52(43-12-10-9-11-13-43)46-24-18-42(19-25-46)51(49-38(5)30-36(3)31-39(49)6)50-40(7)32-37(4)33-41(50)8/h9-33H,1-8H3. The van der Waals surface area contributed by atoms with Gasteiger partial charge in [0, 0.05) is 34.1 Å². The van der Waals surface area contributed by atoms with E-state index >= 15 is 0 Å². The number of benzene rings is 7. The van der Waals surface area contributed by atoms with Crippen LogP contribution in [0.5, 0.6) is 0 Å². The Labute approximate surface area is 317 Å². The van der Waals surface area contributed by atoms with Gasteiger partial charge in [0.2, 0.25) is 6.71 Å². The molecule has 0 N–H and O–H groups in total. The molecule has 0 atom stereocenters. The lowest BCUT2D eigenvalue weighted by atomic mass is 9.34. The molecule has 0 spiro atoms. The molecule has 0 saturated heterocycles. The van der Waals surface area contributed by atoms with Gasteiger partial charge in [0.25, 0.3) is 0 Å². The monoisotopic (exact) mass is 688 g/mol. The van der Waals surface area contributed by atoms with Crippen molar-refractivity contribution in [2.45, 2.75) is 55.4 Å². The third-order valence-electron chi connectivity index (χ3n) is 10.5. The molecule has 7 aromatic carbocycles. The lowest BCUT2D eigenvalue weighted by Crippen LogP contribution is -2.55. The number of hydrogen-bond donors (Lipinski definition) is 0.